The number of sulfonamides is 1. The van der Waals surface area contributed by atoms with Crippen LogP contribution in [0.2, 0.25) is 5.02 Å². The number of carbonyl (C=O) groups excluding carboxylic acids is 2. The lowest BCUT2D eigenvalue weighted by Gasteiger charge is -2.34. The van der Waals surface area contributed by atoms with E-state index in [1.54, 1.807) is 31.2 Å². The van der Waals surface area contributed by atoms with Crippen LogP contribution >= 0.6 is 11.6 Å². The smallest absolute Gasteiger partial charge is 0.264 e. The molecule has 0 spiro atoms. The first-order valence-corrected chi connectivity index (χ1v) is 16.7. The molecule has 4 rings (SSSR count). The van der Waals surface area contributed by atoms with E-state index >= 15 is 0 Å². The molecule has 0 radical (unpaired) electrons. The van der Waals surface area contributed by atoms with Crippen molar-refractivity contribution in [3.8, 4) is 5.75 Å². The minimum atomic E-state index is -4.23. The molecule has 0 aromatic heterocycles. The normalized spacial score (nSPS) is 14.2. The van der Waals surface area contributed by atoms with Gasteiger partial charge in [-0.2, -0.15) is 0 Å². The Bertz CT molecular complexity index is 1460. The molecular weight excluding hydrogens is 586 g/mol. The minimum Gasteiger partial charge on any atom is -0.492 e. The van der Waals surface area contributed by atoms with Gasteiger partial charge in [0.05, 0.1) is 17.2 Å². The molecule has 0 aliphatic heterocycles. The Balaban J connectivity index is 1.71. The maximum absolute atomic E-state index is 14.3. The average molecular weight is 626 g/mol. The Morgan fingerprint density at radius 1 is 0.953 bits per heavy atom. The second kappa shape index (κ2) is 15.3. The minimum absolute atomic E-state index is 0.0159. The fraction of sp³-hybridized carbons (Fsp3) is 0.394. The van der Waals surface area contributed by atoms with Gasteiger partial charge < -0.3 is 15.0 Å². The van der Waals surface area contributed by atoms with Gasteiger partial charge in [0.1, 0.15) is 18.3 Å². The summed E-state index contributed by atoms with van der Waals surface area (Å²) in [6, 6.07) is 21.6. The monoisotopic (exact) mass is 625 g/mol. The van der Waals surface area contributed by atoms with Crippen molar-refractivity contribution in [1.82, 2.24) is 10.2 Å². The van der Waals surface area contributed by atoms with Gasteiger partial charge in [-0.25, -0.2) is 8.42 Å². The van der Waals surface area contributed by atoms with Crippen LogP contribution in [0.1, 0.15) is 51.5 Å². The van der Waals surface area contributed by atoms with Crippen LogP contribution in [0.3, 0.4) is 0 Å². The molecule has 0 unspecified atom stereocenters. The fourth-order valence-corrected chi connectivity index (χ4v) is 7.00. The summed E-state index contributed by atoms with van der Waals surface area (Å²) >= 11 is 6.05. The lowest BCUT2D eigenvalue weighted by molar-refractivity contribution is -0.139. The number of rotatable bonds is 14. The predicted molar refractivity (Wildman–Crippen MR) is 170 cm³/mol. The summed E-state index contributed by atoms with van der Waals surface area (Å²) in [4.78, 5) is 29.3. The summed E-state index contributed by atoms with van der Waals surface area (Å²) < 4.78 is 35.1. The average Bonchev–Trinajstić information content (AvgIpc) is 3.52. The summed E-state index contributed by atoms with van der Waals surface area (Å²) in [5, 5.41) is 3.53. The Morgan fingerprint density at radius 3 is 2.26 bits per heavy atom. The number of amides is 2. The van der Waals surface area contributed by atoms with Crippen molar-refractivity contribution < 1.29 is 22.7 Å². The van der Waals surface area contributed by atoms with Gasteiger partial charge in [-0.05, 0) is 74.6 Å². The van der Waals surface area contributed by atoms with Crippen molar-refractivity contribution in [3.63, 3.8) is 0 Å². The molecule has 1 fully saturated rings. The van der Waals surface area contributed by atoms with Crippen molar-refractivity contribution >= 4 is 39.1 Å². The van der Waals surface area contributed by atoms with Gasteiger partial charge >= 0.3 is 0 Å². The van der Waals surface area contributed by atoms with Crippen LogP contribution in [0, 0.1) is 0 Å². The quantitative estimate of drug-likeness (QED) is 0.243. The highest BCUT2D eigenvalue weighted by Crippen LogP contribution is 2.33. The van der Waals surface area contributed by atoms with Crippen molar-refractivity contribution in [1.29, 1.82) is 0 Å². The second-order valence-corrected chi connectivity index (χ2v) is 12.9. The first-order chi connectivity index (χ1) is 20.7. The Hall–Kier alpha value is -3.56. The van der Waals surface area contributed by atoms with E-state index in [4.69, 9.17) is 16.3 Å². The molecule has 1 atom stereocenters. The lowest BCUT2D eigenvalue weighted by atomic mass is 10.1. The Labute approximate surface area is 260 Å². The van der Waals surface area contributed by atoms with E-state index in [1.807, 2.05) is 37.3 Å². The number of benzene rings is 3. The molecule has 43 heavy (non-hydrogen) atoms. The highest BCUT2D eigenvalue weighted by molar-refractivity contribution is 7.92. The van der Waals surface area contributed by atoms with Gasteiger partial charge in [0.2, 0.25) is 11.8 Å². The molecule has 10 heteroatoms. The number of hydrogen-bond acceptors (Lipinski definition) is 5. The third-order valence-electron chi connectivity index (χ3n) is 7.69. The van der Waals surface area contributed by atoms with Gasteiger partial charge in [0.25, 0.3) is 10.0 Å². The number of para-hydroxylation sites is 2. The zero-order chi connectivity index (χ0) is 30.8. The highest BCUT2D eigenvalue weighted by Gasteiger charge is 2.35. The van der Waals surface area contributed by atoms with Gasteiger partial charge in [-0.3, -0.25) is 13.9 Å². The molecule has 3 aromatic carbocycles. The standard InChI is InChI=1S/C33H40ClN3O5S/c1-3-29(33(39)35-27-14-8-9-15-27)36(23-22-25-12-6-5-7-13-25)32(38)24-37(30-16-10-11-17-31(30)42-4-2)43(40,41)28-20-18-26(34)19-21-28/h5-7,10-13,16-21,27,29H,3-4,8-9,14-15,22-24H2,1-2H3,(H,35,39)/t29-/m0/s1. The lowest BCUT2D eigenvalue weighted by Crippen LogP contribution is -2.54. The molecular formula is C33H40ClN3O5S. The van der Waals surface area contributed by atoms with Crippen molar-refractivity contribution in [2.75, 3.05) is 24.0 Å². The molecule has 0 bridgehead atoms. The molecule has 0 heterocycles. The number of hydrogen-bond donors (Lipinski definition) is 1. The van der Waals surface area contributed by atoms with Crippen molar-refractivity contribution in [3.05, 3.63) is 89.4 Å². The zero-order valence-electron chi connectivity index (χ0n) is 24.7. The molecule has 2 amide bonds. The largest absolute Gasteiger partial charge is 0.492 e. The van der Waals surface area contributed by atoms with E-state index in [0.717, 1.165) is 35.6 Å². The first-order valence-electron chi connectivity index (χ1n) is 14.9. The molecule has 1 saturated carbocycles. The van der Waals surface area contributed by atoms with E-state index < -0.39 is 28.5 Å². The van der Waals surface area contributed by atoms with Gasteiger partial charge in [-0.15, -0.1) is 0 Å². The summed E-state index contributed by atoms with van der Waals surface area (Å²) in [5.41, 5.74) is 1.25. The fourth-order valence-electron chi connectivity index (χ4n) is 5.45. The van der Waals surface area contributed by atoms with Crippen LogP contribution in [0.15, 0.2) is 83.8 Å². The predicted octanol–water partition coefficient (Wildman–Crippen LogP) is 5.84. The Kier molecular flexibility index (Phi) is 11.5. The number of nitrogens with one attached hydrogen (secondary N) is 1. The van der Waals surface area contributed by atoms with Gasteiger partial charge in [0.15, 0.2) is 0 Å². The van der Waals surface area contributed by atoms with Crippen LogP contribution in [0.4, 0.5) is 5.69 Å². The zero-order valence-corrected chi connectivity index (χ0v) is 26.3. The first kappa shape index (κ1) is 32.4. The van der Waals surface area contributed by atoms with Crippen LogP contribution in [-0.2, 0) is 26.0 Å². The third kappa shape index (κ3) is 8.30. The maximum atomic E-state index is 14.3. The topological polar surface area (TPSA) is 96.0 Å². The summed E-state index contributed by atoms with van der Waals surface area (Å²) in [5.74, 6) is -0.358. The van der Waals surface area contributed by atoms with Crippen LogP contribution in [0.5, 0.6) is 5.75 Å². The number of carbonyl (C=O) groups is 2. The molecule has 1 aliphatic carbocycles. The molecule has 0 saturated heterocycles. The third-order valence-corrected chi connectivity index (χ3v) is 9.71. The van der Waals surface area contributed by atoms with Gasteiger partial charge in [0, 0.05) is 17.6 Å². The van der Waals surface area contributed by atoms with Crippen LogP contribution in [-0.4, -0.2) is 56.9 Å². The summed E-state index contributed by atoms with van der Waals surface area (Å²) in [6.45, 7) is 3.72. The second-order valence-electron chi connectivity index (χ2n) is 10.6. The van der Waals surface area contributed by atoms with Crippen molar-refractivity contribution in [2.24, 2.45) is 0 Å². The number of nitrogens with zero attached hydrogens (tertiary/aromatic N) is 2. The Morgan fingerprint density at radius 2 is 1.60 bits per heavy atom. The molecule has 3 aromatic rings. The number of halogens is 1. The molecule has 8 nitrogen and oxygen atoms in total. The van der Waals surface area contributed by atoms with Crippen LogP contribution in [0.25, 0.3) is 0 Å². The van der Waals surface area contributed by atoms with Gasteiger partial charge in [-0.1, -0.05) is 73.8 Å². The van der Waals surface area contributed by atoms with E-state index in [2.05, 4.69) is 5.32 Å². The van der Waals surface area contributed by atoms with Crippen LogP contribution < -0.4 is 14.4 Å². The number of anilines is 1. The van der Waals surface area contributed by atoms with E-state index in [-0.39, 0.29) is 29.1 Å². The molecule has 1 N–H and O–H groups in total. The highest BCUT2D eigenvalue weighted by atomic mass is 35.5. The summed E-state index contributed by atoms with van der Waals surface area (Å²) in [7, 11) is -4.23. The molecule has 1 aliphatic rings. The van der Waals surface area contributed by atoms with E-state index in [9.17, 15) is 18.0 Å². The SMILES string of the molecule is CCOc1ccccc1N(CC(=O)N(CCc1ccccc1)[C@@H](CC)C(=O)NC1CCCC1)S(=O)(=O)c1ccc(Cl)cc1. The summed E-state index contributed by atoms with van der Waals surface area (Å²) in [6.07, 6.45) is 4.87. The van der Waals surface area contributed by atoms with E-state index in [1.165, 1.54) is 29.2 Å². The maximum Gasteiger partial charge on any atom is 0.264 e. The van der Waals surface area contributed by atoms with E-state index in [0.29, 0.717) is 30.2 Å². The molecule has 230 valence electrons. The van der Waals surface area contributed by atoms with Crippen molar-refractivity contribution in [2.45, 2.75) is 69.4 Å². The number of ether oxygens (including phenoxy) is 1.